The van der Waals surface area contributed by atoms with Gasteiger partial charge in [-0.2, -0.15) is 0 Å². The Bertz CT molecular complexity index is 567. The smallest absolute Gasteiger partial charge is 0.226 e. The van der Waals surface area contributed by atoms with Gasteiger partial charge in [-0.25, -0.2) is 0 Å². The Labute approximate surface area is 131 Å². The summed E-state index contributed by atoms with van der Waals surface area (Å²) in [6.07, 6.45) is 3.27. The molecule has 2 fully saturated rings. The summed E-state index contributed by atoms with van der Waals surface area (Å²) in [6.45, 7) is 2.60. The normalized spacial score (nSPS) is 22.4. The van der Waals surface area contributed by atoms with Crippen LogP contribution in [0.1, 0.15) is 24.8 Å². The van der Waals surface area contributed by atoms with Crippen molar-refractivity contribution in [3.05, 3.63) is 23.8 Å². The molecule has 1 amide bonds. The second-order valence-corrected chi connectivity index (χ2v) is 6.57. The lowest BCUT2D eigenvalue weighted by molar-refractivity contribution is -0.132. The lowest BCUT2D eigenvalue weighted by Crippen LogP contribution is -2.34. The van der Waals surface area contributed by atoms with E-state index < -0.39 is 0 Å². The quantitative estimate of drug-likeness (QED) is 0.889. The van der Waals surface area contributed by atoms with E-state index in [1.165, 1.54) is 7.11 Å². The number of carbonyl (C=O) groups excluding carboxylic acids is 1. The molecule has 1 unspecified atom stereocenters. The maximum absolute atomic E-state index is 12.6. The first-order valence-electron chi connectivity index (χ1n) is 7.87. The number of carbonyl (C=O) groups is 1. The first kappa shape index (κ1) is 15.2. The van der Waals surface area contributed by atoms with Gasteiger partial charge in [0.05, 0.1) is 7.11 Å². The molecular weight excluding hydrogens is 280 g/mol. The molecule has 1 spiro atoms. The van der Waals surface area contributed by atoms with Crippen molar-refractivity contribution in [2.75, 3.05) is 27.2 Å². The molecule has 1 heterocycles. The van der Waals surface area contributed by atoms with E-state index in [1.54, 1.807) is 17.0 Å². The number of methoxy groups -OCH3 is 1. The van der Waals surface area contributed by atoms with E-state index in [0.717, 1.165) is 37.9 Å². The van der Waals surface area contributed by atoms with Crippen LogP contribution in [0.25, 0.3) is 0 Å². The first-order chi connectivity index (χ1) is 10.6. The maximum atomic E-state index is 12.6. The number of phenolic OH excluding ortho intramolecular Hbond substituents is 1. The fourth-order valence-corrected chi connectivity index (χ4v) is 3.61. The molecule has 0 aromatic heterocycles. The monoisotopic (exact) mass is 304 g/mol. The molecule has 1 aromatic rings. The third kappa shape index (κ3) is 2.77. The van der Waals surface area contributed by atoms with E-state index in [2.05, 4.69) is 5.32 Å². The minimum atomic E-state index is 0.121. The van der Waals surface area contributed by atoms with Gasteiger partial charge in [0.25, 0.3) is 0 Å². The lowest BCUT2D eigenvalue weighted by atomic mass is 9.91. The molecule has 0 radical (unpaired) electrons. The number of hydrogen-bond acceptors (Lipinski definition) is 4. The lowest BCUT2D eigenvalue weighted by Gasteiger charge is -2.25. The van der Waals surface area contributed by atoms with E-state index in [4.69, 9.17) is 4.74 Å². The number of piperidine rings is 1. The van der Waals surface area contributed by atoms with Crippen LogP contribution in [0, 0.1) is 11.3 Å². The summed E-state index contributed by atoms with van der Waals surface area (Å²) < 4.78 is 5.12. The molecule has 0 bridgehead atoms. The molecule has 1 saturated heterocycles. The topological polar surface area (TPSA) is 61.8 Å². The fraction of sp³-hybridized carbons (Fsp3) is 0.588. The Morgan fingerprint density at radius 3 is 2.86 bits per heavy atom. The predicted molar refractivity (Wildman–Crippen MR) is 83.8 cm³/mol. The summed E-state index contributed by atoms with van der Waals surface area (Å²) in [7, 11) is 3.38. The van der Waals surface area contributed by atoms with Gasteiger partial charge in [-0.3, -0.25) is 4.79 Å². The number of amides is 1. The van der Waals surface area contributed by atoms with Crippen molar-refractivity contribution in [3.8, 4) is 11.5 Å². The van der Waals surface area contributed by atoms with Gasteiger partial charge < -0.3 is 20.1 Å². The molecule has 2 N–H and O–H groups in total. The number of aromatic hydroxyl groups is 1. The van der Waals surface area contributed by atoms with Gasteiger partial charge >= 0.3 is 0 Å². The highest BCUT2D eigenvalue weighted by Gasteiger charge is 2.58. The Balaban J connectivity index is 1.62. The highest BCUT2D eigenvalue weighted by atomic mass is 16.5. The van der Waals surface area contributed by atoms with Crippen LogP contribution in [0.2, 0.25) is 0 Å². The second-order valence-electron chi connectivity index (χ2n) is 6.57. The Morgan fingerprint density at radius 1 is 1.45 bits per heavy atom. The summed E-state index contributed by atoms with van der Waals surface area (Å²) in [5.41, 5.74) is 1.23. The minimum Gasteiger partial charge on any atom is -0.504 e. The third-order valence-corrected chi connectivity index (χ3v) is 5.13. The zero-order chi connectivity index (χ0) is 15.7. The molecule has 1 atom stereocenters. The van der Waals surface area contributed by atoms with E-state index in [9.17, 15) is 9.90 Å². The van der Waals surface area contributed by atoms with Crippen LogP contribution in [0.3, 0.4) is 0 Å². The molecule has 1 aromatic carbocycles. The average Bonchev–Trinajstić information content (AvgIpc) is 3.22. The molecular formula is C17H24N2O3. The van der Waals surface area contributed by atoms with Crippen LogP contribution in [0.5, 0.6) is 11.5 Å². The summed E-state index contributed by atoms with van der Waals surface area (Å²) >= 11 is 0. The Morgan fingerprint density at radius 2 is 2.18 bits per heavy atom. The molecule has 22 heavy (non-hydrogen) atoms. The van der Waals surface area contributed by atoms with Crippen LogP contribution in [0.15, 0.2) is 18.2 Å². The van der Waals surface area contributed by atoms with Crippen molar-refractivity contribution in [2.45, 2.75) is 25.8 Å². The van der Waals surface area contributed by atoms with Gasteiger partial charge in [0.15, 0.2) is 11.5 Å². The molecule has 1 aliphatic heterocycles. The zero-order valence-electron chi connectivity index (χ0n) is 13.3. The van der Waals surface area contributed by atoms with Crippen LogP contribution in [-0.2, 0) is 11.3 Å². The third-order valence-electron chi connectivity index (χ3n) is 5.13. The number of rotatable bonds is 4. The number of ether oxygens (including phenoxy) is 1. The van der Waals surface area contributed by atoms with Crippen molar-refractivity contribution in [2.24, 2.45) is 11.3 Å². The SMILES string of the molecule is COc1cc(CN(C)C(=O)C2CC23CCNCC3)ccc1O. The number of nitrogens with zero attached hydrogens (tertiary/aromatic N) is 1. The van der Waals surface area contributed by atoms with Crippen LogP contribution in [0.4, 0.5) is 0 Å². The summed E-state index contributed by atoms with van der Waals surface area (Å²) in [5.74, 6) is 1.00. The summed E-state index contributed by atoms with van der Waals surface area (Å²) in [4.78, 5) is 14.4. The number of benzene rings is 1. The standard InChI is InChI=1S/C17H24N2O3/c1-19(11-12-3-4-14(20)15(9-12)22-2)16(21)13-10-17(13)5-7-18-8-6-17/h3-4,9,13,18,20H,5-8,10-11H2,1-2H3. The molecule has 5 nitrogen and oxygen atoms in total. The van der Waals surface area contributed by atoms with E-state index in [0.29, 0.717) is 12.3 Å². The number of hydrogen-bond donors (Lipinski definition) is 2. The summed E-state index contributed by atoms with van der Waals surface area (Å²) in [5, 5.41) is 13.0. The van der Waals surface area contributed by atoms with E-state index >= 15 is 0 Å². The van der Waals surface area contributed by atoms with Crippen molar-refractivity contribution in [1.82, 2.24) is 10.2 Å². The first-order valence-corrected chi connectivity index (χ1v) is 7.87. The van der Waals surface area contributed by atoms with E-state index in [-0.39, 0.29) is 23.0 Å². The Kier molecular flexibility index (Phi) is 4.00. The largest absolute Gasteiger partial charge is 0.504 e. The predicted octanol–water partition coefficient (Wildman–Crippen LogP) is 1.75. The summed E-state index contributed by atoms with van der Waals surface area (Å²) in [6, 6.07) is 5.22. The van der Waals surface area contributed by atoms with Crippen LogP contribution in [-0.4, -0.2) is 43.2 Å². The average molecular weight is 304 g/mol. The Hall–Kier alpha value is -1.75. The van der Waals surface area contributed by atoms with Crippen molar-refractivity contribution < 1.29 is 14.6 Å². The van der Waals surface area contributed by atoms with Crippen molar-refractivity contribution in [3.63, 3.8) is 0 Å². The van der Waals surface area contributed by atoms with Crippen LogP contribution >= 0.6 is 0 Å². The van der Waals surface area contributed by atoms with Crippen molar-refractivity contribution in [1.29, 1.82) is 0 Å². The van der Waals surface area contributed by atoms with Gasteiger partial charge in [0, 0.05) is 19.5 Å². The molecule has 120 valence electrons. The highest BCUT2D eigenvalue weighted by molar-refractivity contribution is 5.82. The fourth-order valence-electron chi connectivity index (χ4n) is 3.61. The molecule has 3 rings (SSSR count). The van der Waals surface area contributed by atoms with Gasteiger partial charge in [0.1, 0.15) is 0 Å². The molecule has 1 aliphatic carbocycles. The maximum Gasteiger partial charge on any atom is 0.226 e. The minimum absolute atomic E-state index is 0.121. The molecule has 5 heteroatoms. The molecule has 2 aliphatic rings. The number of nitrogens with one attached hydrogen (secondary N) is 1. The van der Waals surface area contributed by atoms with Crippen molar-refractivity contribution >= 4 is 5.91 Å². The van der Waals surface area contributed by atoms with Crippen LogP contribution < -0.4 is 10.1 Å². The zero-order valence-corrected chi connectivity index (χ0v) is 13.3. The van der Waals surface area contributed by atoms with Gasteiger partial charge in [-0.05, 0) is 55.5 Å². The molecule has 1 saturated carbocycles. The highest BCUT2D eigenvalue weighted by Crippen LogP contribution is 2.59. The van der Waals surface area contributed by atoms with E-state index in [1.807, 2.05) is 13.1 Å². The van der Waals surface area contributed by atoms with Gasteiger partial charge in [-0.15, -0.1) is 0 Å². The second kappa shape index (κ2) is 5.80. The van der Waals surface area contributed by atoms with Gasteiger partial charge in [0.2, 0.25) is 5.91 Å². The van der Waals surface area contributed by atoms with Gasteiger partial charge in [-0.1, -0.05) is 6.07 Å². The number of phenols is 1.